The summed E-state index contributed by atoms with van der Waals surface area (Å²) in [5.41, 5.74) is 1.35. The number of hydrogen-bond donors (Lipinski definition) is 0. The molecule has 0 amide bonds. The van der Waals surface area contributed by atoms with E-state index < -0.39 is 0 Å². The molecule has 1 aliphatic carbocycles. The van der Waals surface area contributed by atoms with Crippen molar-refractivity contribution in [3.8, 4) is 0 Å². The van der Waals surface area contributed by atoms with Crippen LogP contribution in [0.4, 0.5) is 0 Å². The molecule has 2 unspecified atom stereocenters. The molecule has 0 N–H and O–H groups in total. The molecule has 0 spiro atoms. The zero-order valence-electron chi connectivity index (χ0n) is 9.56. The molecule has 2 aliphatic rings. The van der Waals surface area contributed by atoms with E-state index in [-0.39, 0.29) is 0 Å². The summed E-state index contributed by atoms with van der Waals surface area (Å²) in [7, 11) is 0. The maximum atomic E-state index is 2.50. The van der Waals surface area contributed by atoms with Crippen LogP contribution in [0.2, 0.25) is 0 Å². The lowest BCUT2D eigenvalue weighted by molar-refractivity contribution is 0.357. The number of nitrogens with zero attached hydrogens (tertiary/aromatic N) is 1. The van der Waals surface area contributed by atoms with Crippen LogP contribution in [0.5, 0.6) is 0 Å². The molecule has 1 aliphatic heterocycles. The first-order chi connectivity index (χ1) is 7.36. The molecule has 1 fully saturated rings. The molecule has 1 heterocycles. The van der Waals surface area contributed by atoms with E-state index in [0.717, 1.165) is 5.92 Å². The highest BCUT2D eigenvalue weighted by molar-refractivity contribution is 5.26. The average molecular weight is 201 g/mol. The van der Waals surface area contributed by atoms with Crippen molar-refractivity contribution in [1.82, 2.24) is 4.90 Å². The Hall–Kier alpha value is -1.24. The van der Waals surface area contributed by atoms with Crippen molar-refractivity contribution in [2.24, 2.45) is 5.92 Å². The van der Waals surface area contributed by atoms with E-state index in [1.807, 2.05) is 0 Å². The van der Waals surface area contributed by atoms with Gasteiger partial charge in [0, 0.05) is 18.2 Å². The van der Waals surface area contributed by atoms with Gasteiger partial charge >= 0.3 is 0 Å². The van der Waals surface area contributed by atoms with Crippen LogP contribution in [0.3, 0.4) is 0 Å². The smallest absolute Gasteiger partial charge is 0.0539 e. The van der Waals surface area contributed by atoms with Gasteiger partial charge in [0.2, 0.25) is 0 Å². The first-order valence-electron chi connectivity index (χ1n) is 5.77. The van der Waals surface area contributed by atoms with Crippen molar-refractivity contribution in [1.29, 1.82) is 0 Å². The van der Waals surface area contributed by atoms with Crippen molar-refractivity contribution in [3.05, 3.63) is 48.2 Å². The lowest BCUT2D eigenvalue weighted by Crippen LogP contribution is -2.30. The van der Waals surface area contributed by atoms with Gasteiger partial charge in [0.25, 0.3) is 0 Å². The van der Waals surface area contributed by atoms with Crippen LogP contribution in [-0.4, -0.2) is 17.5 Å². The summed E-state index contributed by atoms with van der Waals surface area (Å²) in [6, 6.07) is 0.581. The molecule has 15 heavy (non-hydrogen) atoms. The Bertz CT molecular complexity index is 333. The van der Waals surface area contributed by atoms with E-state index in [2.05, 4.69) is 61.3 Å². The lowest BCUT2D eigenvalue weighted by atomic mass is 9.96. The summed E-state index contributed by atoms with van der Waals surface area (Å²) in [6.45, 7) is 5.37. The van der Waals surface area contributed by atoms with Crippen molar-refractivity contribution in [3.63, 3.8) is 0 Å². The Morgan fingerprint density at radius 1 is 1.27 bits per heavy atom. The summed E-state index contributed by atoms with van der Waals surface area (Å²) in [6.07, 6.45) is 16.8. The van der Waals surface area contributed by atoms with E-state index in [9.17, 15) is 0 Å². The van der Waals surface area contributed by atoms with Gasteiger partial charge in [-0.2, -0.15) is 0 Å². The second-order valence-electron chi connectivity index (χ2n) is 4.12. The topological polar surface area (TPSA) is 3.24 Å². The first kappa shape index (κ1) is 10.3. The van der Waals surface area contributed by atoms with Crippen LogP contribution in [0.15, 0.2) is 48.2 Å². The zero-order chi connectivity index (χ0) is 10.7. The maximum Gasteiger partial charge on any atom is 0.0539 e. The van der Waals surface area contributed by atoms with Gasteiger partial charge in [-0.15, -0.1) is 0 Å². The Labute approximate surface area is 92.5 Å². The monoisotopic (exact) mass is 201 g/mol. The van der Waals surface area contributed by atoms with Crippen LogP contribution in [0, 0.1) is 5.92 Å². The van der Waals surface area contributed by atoms with E-state index in [1.165, 1.54) is 18.7 Å². The number of rotatable bonds is 2. The summed E-state index contributed by atoms with van der Waals surface area (Å²) in [5.74, 6) is 0.718. The molecule has 2 atom stereocenters. The second-order valence-corrected chi connectivity index (χ2v) is 4.12. The van der Waals surface area contributed by atoms with Gasteiger partial charge in [-0.25, -0.2) is 0 Å². The van der Waals surface area contributed by atoms with Crippen LogP contribution in [-0.2, 0) is 0 Å². The number of fused-ring (bicyclic) bond motifs is 1. The highest BCUT2D eigenvalue weighted by Crippen LogP contribution is 2.32. The minimum Gasteiger partial charge on any atom is -0.365 e. The fourth-order valence-electron chi connectivity index (χ4n) is 2.51. The molecule has 0 aromatic heterocycles. The van der Waals surface area contributed by atoms with Gasteiger partial charge in [-0.1, -0.05) is 36.5 Å². The van der Waals surface area contributed by atoms with Crippen molar-refractivity contribution in [2.45, 2.75) is 26.3 Å². The molecule has 0 bridgehead atoms. The minimum atomic E-state index is 0.581. The van der Waals surface area contributed by atoms with E-state index >= 15 is 0 Å². The molecular weight excluding hydrogens is 182 g/mol. The maximum absolute atomic E-state index is 2.50. The number of allylic oxidation sites excluding steroid dienone is 5. The Morgan fingerprint density at radius 2 is 2.07 bits per heavy atom. The summed E-state index contributed by atoms with van der Waals surface area (Å²) in [5, 5.41) is 0. The molecular formula is C14H19N. The third-order valence-electron chi connectivity index (χ3n) is 3.24. The van der Waals surface area contributed by atoms with Crippen LogP contribution in [0.25, 0.3) is 0 Å². The van der Waals surface area contributed by atoms with Crippen LogP contribution >= 0.6 is 0 Å². The lowest BCUT2D eigenvalue weighted by Gasteiger charge is -2.28. The molecule has 0 saturated carbocycles. The Kier molecular flexibility index (Phi) is 3.10. The molecule has 2 rings (SSSR count). The third kappa shape index (κ3) is 1.92. The Balaban J connectivity index is 2.18. The molecule has 0 aromatic carbocycles. The van der Waals surface area contributed by atoms with Gasteiger partial charge in [0.15, 0.2) is 0 Å². The SMILES string of the molecule is C/C=C\C(=C/C)N1CCC2C=CC=CC21. The van der Waals surface area contributed by atoms with Crippen molar-refractivity contribution < 1.29 is 0 Å². The molecule has 0 radical (unpaired) electrons. The van der Waals surface area contributed by atoms with Gasteiger partial charge in [-0.05, 0) is 26.3 Å². The predicted molar refractivity (Wildman–Crippen MR) is 65.5 cm³/mol. The molecule has 0 aromatic rings. The van der Waals surface area contributed by atoms with E-state index in [4.69, 9.17) is 0 Å². The fourth-order valence-corrected chi connectivity index (χ4v) is 2.51. The second kappa shape index (κ2) is 4.52. The van der Waals surface area contributed by atoms with Gasteiger partial charge in [0.1, 0.15) is 0 Å². The van der Waals surface area contributed by atoms with E-state index in [1.54, 1.807) is 0 Å². The van der Waals surface area contributed by atoms with Gasteiger partial charge < -0.3 is 4.90 Å². The van der Waals surface area contributed by atoms with Crippen LogP contribution in [0.1, 0.15) is 20.3 Å². The third-order valence-corrected chi connectivity index (χ3v) is 3.24. The van der Waals surface area contributed by atoms with Crippen molar-refractivity contribution in [2.75, 3.05) is 6.54 Å². The predicted octanol–water partition coefficient (Wildman–Crippen LogP) is 3.28. The van der Waals surface area contributed by atoms with Crippen LogP contribution < -0.4 is 0 Å². The summed E-state index contributed by atoms with van der Waals surface area (Å²) in [4.78, 5) is 2.50. The molecule has 1 heteroatoms. The number of hydrogen-bond acceptors (Lipinski definition) is 1. The zero-order valence-corrected chi connectivity index (χ0v) is 9.56. The van der Waals surface area contributed by atoms with E-state index in [0.29, 0.717) is 6.04 Å². The standard InChI is InChI=1S/C14H19N/c1-3-7-13(4-2)15-11-10-12-8-5-6-9-14(12)15/h3-9,12,14H,10-11H2,1-2H3/b7-3-,13-4+. The first-order valence-corrected chi connectivity index (χ1v) is 5.77. The Morgan fingerprint density at radius 3 is 2.80 bits per heavy atom. The number of likely N-dealkylation sites (tertiary alicyclic amines) is 1. The normalized spacial score (nSPS) is 30.3. The molecule has 1 saturated heterocycles. The minimum absolute atomic E-state index is 0.581. The van der Waals surface area contributed by atoms with Gasteiger partial charge in [0.05, 0.1) is 6.04 Å². The summed E-state index contributed by atoms with van der Waals surface area (Å²) >= 11 is 0. The molecule has 1 nitrogen and oxygen atoms in total. The quantitative estimate of drug-likeness (QED) is 0.620. The highest BCUT2D eigenvalue weighted by atomic mass is 15.2. The molecule has 80 valence electrons. The van der Waals surface area contributed by atoms with Gasteiger partial charge in [-0.3, -0.25) is 0 Å². The fraction of sp³-hybridized carbons (Fsp3) is 0.429. The highest BCUT2D eigenvalue weighted by Gasteiger charge is 2.31. The summed E-state index contributed by atoms with van der Waals surface area (Å²) < 4.78 is 0. The largest absolute Gasteiger partial charge is 0.365 e. The average Bonchev–Trinajstić information content (AvgIpc) is 2.70. The van der Waals surface area contributed by atoms with Crippen molar-refractivity contribution >= 4 is 0 Å².